The zero-order valence-electron chi connectivity index (χ0n) is 15.2. The Morgan fingerprint density at radius 2 is 1.86 bits per heavy atom. The van der Waals surface area contributed by atoms with Crippen LogP contribution >= 0.6 is 0 Å². The van der Waals surface area contributed by atoms with Gasteiger partial charge in [0.05, 0.1) is 17.4 Å². The summed E-state index contributed by atoms with van der Waals surface area (Å²) in [5.74, 6) is 0.177. The van der Waals surface area contributed by atoms with Crippen LogP contribution in [0.25, 0.3) is 0 Å². The Hall–Kier alpha value is -2.88. The summed E-state index contributed by atoms with van der Waals surface area (Å²) in [6, 6.07) is 4.94. The Labute approximate surface area is 159 Å². The van der Waals surface area contributed by atoms with Gasteiger partial charge in [-0.15, -0.1) is 0 Å². The van der Waals surface area contributed by atoms with Gasteiger partial charge in [-0.2, -0.15) is 13.2 Å². The second-order valence-electron chi connectivity index (χ2n) is 6.63. The number of halogens is 3. The molecule has 0 radical (unpaired) electrons. The van der Waals surface area contributed by atoms with Crippen molar-refractivity contribution in [1.29, 1.82) is 0 Å². The van der Waals surface area contributed by atoms with Crippen LogP contribution in [0, 0.1) is 0 Å². The molecular weight excluding hydrogens is 375 g/mol. The highest BCUT2D eigenvalue weighted by Crippen LogP contribution is 2.28. The molecule has 2 aromatic rings. The molecule has 2 aromatic heterocycles. The molecule has 150 valence electrons. The van der Waals surface area contributed by atoms with Crippen LogP contribution in [0.1, 0.15) is 5.56 Å². The molecule has 1 amide bonds. The molecule has 1 aliphatic rings. The molecule has 1 fully saturated rings. The SMILES string of the molecule is CN1CCN(c2ccc(NC(=O)Cn3cc(C(F)(F)F)ccc3=O)cn2)CC1. The summed E-state index contributed by atoms with van der Waals surface area (Å²) in [5, 5.41) is 2.54. The number of likely N-dealkylation sites (N-methyl/N-ethyl adjacent to an activating group) is 1. The summed E-state index contributed by atoms with van der Waals surface area (Å²) in [7, 11) is 2.05. The maximum absolute atomic E-state index is 12.8. The van der Waals surface area contributed by atoms with E-state index in [2.05, 4.69) is 27.1 Å². The van der Waals surface area contributed by atoms with Gasteiger partial charge in [0.25, 0.3) is 5.56 Å². The monoisotopic (exact) mass is 395 g/mol. The van der Waals surface area contributed by atoms with Crippen molar-refractivity contribution >= 4 is 17.4 Å². The number of aromatic nitrogens is 2. The molecule has 3 heterocycles. The molecular formula is C18H20F3N5O2. The van der Waals surface area contributed by atoms with Crippen molar-refractivity contribution in [2.75, 3.05) is 43.4 Å². The third-order valence-corrected chi connectivity index (χ3v) is 4.48. The van der Waals surface area contributed by atoms with E-state index < -0.39 is 29.8 Å². The molecule has 1 N–H and O–H groups in total. The molecule has 1 aliphatic heterocycles. The Balaban J connectivity index is 1.63. The van der Waals surface area contributed by atoms with Crippen molar-refractivity contribution in [2.45, 2.75) is 12.7 Å². The van der Waals surface area contributed by atoms with Gasteiger partial charge in [0, 0.05) is 38.4 Å². The summed E-state index contributed by atoms with van der Waals surface area (Å²) >= 11 is 0. The first-order valence-corrected chi connectivity index (χ1v) is 8.69. The van der Waals surface area contributed by atoms with E-state index in [-0.39, 0.29) is 0 Å². The van der Waals surface area contributed by atoms with Crippen molar-refractivity contribution in [3.8, 4) is 0 Å². The third kappa shape index (κ3) is 4.89. The lowest BCUT2D eigenvalue weighted by Gasteiger charge is -2.33. The van der Waals surface area contributed by atoms with E-state index in [9.17, 15) is 22.8 Å². The lowest BCUT2D eigenvalue weighted by atomic mass is 10.2. The number of pyridine rings is 2. The van der Waals surface area contributed by atoms with Crippen LogP contribution in [0.15, 0.2) is 41.5 Å². The van der Waals surface area contributed by atoms with Crippen LogP contribution < -0.4 is 15.8 Å². The topological polar surface area (TPSA) is 70.5 Å². The fourth-order valence-corrected chi connectivity index (χ4v) is 2.86. The van der Waals surface area contributed by atoms with Gasteiger partial charge in [-0.05, 0) is 25.2 Å². The summed E-state index contributed by atoms with van der Waals surface area (Å²) < 4.78 is 39.0. The Morgan fingerprint density at radius 3 is 2.46 bits per heavy atom. The number of hydrogen-bond acceptors (Lipinski definition) is 5. The van der Waals surface area contributed by atoms with E-state index in [1.165, 1.54) is 6.20 Å². The van der Waals surface area contributed by atoms with Gasteiger partial charge in [-0.3, -0.25) is 9.59 Å². The zero-order valence-corrected chi connectivity index (χ0v) is 15.2. The van der Waals surface area contributed by atoms with Crippen LogP contribution in [0.3, 0.4) is 0 Å². The molecule has 0 aliphatic carbocycles. The van der Waals surface area contributed by atoms with Crippen LogP contribution in [-0.4, -0.2) is 53.6 Å². The molecule has 7 nitrogen and oxygen atoms in total. The number of nitrogens with one attached hydrogen (secondary N) is 1. The van der Waals surface area contributed by atoms with E-state index >= 15 is 0 Å². The maximum Gasteiger partial charge on any atom is 0.417 e. The molecule has 1 saturated heterocycles. The highest BCUT2D eigenvalue weighted by Gasteiger charge is 2.31. The van der Waals surface area contributed by atoms with Gasteiger partial charge < -0.3 is 19.7 Å². The smallest absolute Gasteiger partial charge is 0.354 e. The summed E-state index contributed by atoms with van der Waals surface area (Å²) in [4.78, 5) is 32.5. The Morgan fingerprint density at radius 1 is 1.14 bits per heavy atom. The van der Waals surface area contributed by atoms with Crippen molar-refractivity contribution in [3.63, 3.8) is 0 Å². The molecule has 0 bridgehead atoms. The van der Waals surface area contributed by atoms with E-state index in [1.54, 1.807) is 12.1 Å². The number of nitrogens with zero attached hydrogens (tertiary/aromatic N) is 4. The zero-order chi connectivity index (χ0) is 20.3. The van der Waals surface area contributed by atoms with E-state index in [1.807, 2.05) is 0 Å². The van der Waals surface area contributed by atoms with Crippen LogP contribution in [0.5, 0.6) is 0 Å². The minimum Gasteiger partial charge on any atom is -0.354 e. The highest BCUT2D eigenvalue weighted by atomic mass is 19.4. The predicted molar refractivity (Wildman–Crippen MR) is 98.3 cm³/mol. The molecule has 0 unspecified atom stereocenters. The van der Waals surface area contributed by atoms with Crippen molar-refractivity contribution in [1.82, 2.24) is 14.5 Å². The largest absolute Gasteiger partial charge is 0.417 e. The van der Waals surface area contributed by atoms with E-state index in [0.717, 1.165) is 42.6 Å². The maximum atomic E-state index is 12.8. The number of alkyl halides is 3. The fraction of sp³-hybridized carbons (Fsp3) is 0.389. The second-order valence-corrected chi connectivity index (χ2v) is 6.63. The molecule has 10 heteroatoms. The van der Waals surface area contributed by atoms with Crippen LogP contribution in [0.2, 0.25) is 0 Å². The predicted octanol–water partition coefficient (Wildman–Crippen LogP) is 1.65. The standard InChI is InChI=1S/C18H20F3N5O2/c1-24-6-8-25(9-7-24)15-4-3-14(10-22-15)23-16(27)12-26-11-13(18(19,20)21)2-5-17(26)28/h2-5,10-11H,6-9,12H2,1H3,(H,23,27). The van der Waals surface area contributed by atoms with Gasteiger partial charge in [-0.25, -0.2) is 4.98 Å². The first kappa shape index (κ1) is 19.9. The van der Waals surface area contributed by atoms with Gasteiger partial charge in [0.1, 0.15) is 12.4 Å². The number of amides is 1. The number of carbonyl (C=O) groups excluding carboxylic acids is 1. The first-order chi connectivity index (χ1) is 13.2. The number of carbonyl (C=O) groups is 1. The fourth-order valence-electron chi connectivity index (χ4n) is 2.86. The normalized spacial score (nSPS) is 15.5. The van der Waals surface area contributed by atoms with Crippen molar-refractivity contribution in [3.05, 3.63) is 52.6 Å². The van der Waals surface area contributed by atoms with Gasteiger partial charge in [0.2, 0.25) is 5.91 Å². The quantitative estimate of drug-likeness (QED) is 0.853. The minimum absolute atomic E-state index is 0.405. The summed E-state index contributed by atoms with van der Waals surface area (Å²) in [5.41, 5.74) is -1.27. The summed E-state index contributed by atoms with van der Waals surface area (Å²) in [6.07, 6.45) is -2.47. The highest BCUT2D eigenvalue weighted by molar-refractivity contribution is 5.90. The van der Waals surface area contributed by atoms with E-state index in [0.29, 0.717) is 18.0 Å². The number of anilines is 2. The molecule has 28 heavy (non-hydrogen) atoms. The molecule has 0 atom stereocenters. The third-order valence-electron chi connectivity index (χ3n) is 4.48. The lowest BCUT2D eigenvalue weighted by Crippen LogP contribution is -2.44. The average Bonchev–Trinajstić information content (AvgIpc) is 2.64. The first-order valence-electron chi connectivity index (χ1n) is 8.69. The lowest BCUT2D eigenvalue weighted by molar-refractivity contribution is -0.138. The van der Waals surface area contributed by atoms with Gasteiger partial charge >= 0.3 is 6.18 Å². The molecule has 3 rings (SSSR count). The second kappa shape index (κ2) is 8.01. The van der Waals surface area contributed by atoms with Crippen molar-refractivity contribution < 1.29 is 18.0 Å². The Kier molecular flexibility index (Phi) is 5.68. The Bertz CT molecular complexity index is 887. The number of piperazine rings is 1. The van der Waals surface area contributed by atoms with E-state index in [4.69, 9.17) is 0 Å². The molecule has 0 aromatic carbocycles. The van der Waals surface area contributed by atoms with Crippen molar-refractivity contribution in [2.24, 2.45) is 0 Å². The summed E-state index contributed by atoms with van der Waals surface area (Å²) in [6.45, 7) is 3.06. The number of rotatable bonds is 4. The van der Waals surface area contributed by atoms with Crippen LogP contribution in [-0.2, 0) is 17.5 Å². The average molecular weight is 395 g/mol. The van der Waals surface area contributed by atoms with Gasteiger partial charge in [0.15, 0.2) is 0 Å². The number of hydrogen-bond donors (Lipinski definition) is 1. The van der Waals surface area contributed by atoms with Crippen LogP contribution in [0.4, 0.5) is 24.7 Å². The van der Waals surface area contributed by atoms with Gasteiger partial charge in [-0.1, -0.05) is 0 Å². The molecule has 0 saturated carbocycles. The molecule has 0 spiro atoms. The minimum atomic E-state index is -4.59.